The summed E-state index contributed by atoms with van der Waals surface area (Å²) in [4.78, 5) is 7.15. The van der Waals surface area contributed by atoms with Crippen LogP contribution in [0.2, 0.25) is 0 Å². The number of ether oxygens (including phenoxy) is 1. The summed E-state index contributed by atoms with van der Waals surface area (Å²) in [5.41, 5.74) is 5.57. The number of halogens is 1. The van der Waals surface area contributed by atoms with Crippen molar-refractivity contribution in [3.63, 3.8) is 0 Å². The molecule has 43 heavy (non-hydrogen) atoms. The molecule has 0 aliphatic carbocycles. The second-order valence-electron chi connectivity index (χ2n) is 12.2. The number of benzene rings is 3. The van der Waals surface area contributed by atoms with Gasteiger partial charge in [0.15, 0.2) is 5.82 Å². The van der Waals surface area contributed by atoms with Gasteiger partial charge in [0.05, 0.1) is 17.2 Å². The van der Waals surface area contributed by atoms with Crippen LogP contribution < -0.4 is 9.46 Å². The Balaban J connectivity index is 1.14. The number of rotatable bonds is 11. The lowest BCUT2D eigenvalue weighted by atomic mass is 9.91. The summed E-state index contributed by atoms with van der Waals surface area (Å²) in [6.45, 7) is 9.43. The first-order chi connectivity index (χ1) is 20.6. The molecule has 4 aromatic rings. The molecule has 0 saturated carbocycles. The minimum Gasteiger partial charge on any atom is -0.493 e. The Hall–Kier alpha value is -3.75. The number of anilines is 1. The number of pyridine rings is 1. The van der Waals surface area contributed by atoms with Gasteiger partial charge in [-0.05, 0) is 78.3 Å². The number of aryl methyl sites for hydroxylation is 1. The highest BCUT2D eigenvalue weighted by atomic mass is 32.2. The lowest BCUT2D eigenvalue weighted by Crippen LogP contribution is -2.32. The maximum absolute atomic E-state index is 14.8. The molecule has 1 aliphatic heterocycles. The third kappa shape index (κ3) is 8.21. The van der Waals surface area contributed by atoms with Crippen molar-refractivity contribution in [3.05, 3.63) is 119 Å². The maximum Gasteiger partial charge on any atom is 0.261 e. The third-order valence-electron chi connectivity index (χ3n) is 7.80. The largest absolute Gasteiger partial charge is 0.493 e. The molecule has 1 N–H and O–H groups in total. The first kappa shape index (κ1) is 30.7. The van der Waals surface area contributed by atoms with Gasteiger partial charge in [0.1, 0.15) is 5.75 Å². The summed E-state index contributed by atoms with van der Waals surface area (Å²) in [7, 11) is -3.96. The molecule has 0 unspecified atom stereocenters. The minimum absolute atomic E-state index is 0.0352. The minimum atomic E-state index is -3.96. The van der Waals surface area contributed by atoms with Crippen molar-refractivity contribution in [3.8, 4) is 5.75 Å². The summed E-state index contributed by atoms with van der Waals surface area (Å²) in [5.74, 6) is -0.314. The second-order valence-corrected chi connectivity index (χ2v) is 13.9. The number of hydrogen-bond donors (Lipinski definition) is 1. The number of nitrogens with one attached hydrogen (secondary N) is 1. The van der Waals surface area contributed by atoms with Crippen molar-refractivity contribution >= 4 is 15.7 Å². The smallest absolute Gasteiger partial charge is 0.261 e. The van der Waals surface area contributed by atoms with E-state index in [4.69, 9.17) is 4.74 Å². The summed E-state index contributed by atoms with van der Waals surface area (Å²) in [6.07, 6.45) is 5.29. The molecular formula is C35H40FN3O3S. The van der Waals surface area contributed by atoms with E-state index in [1.165, 1.54) is 23.3 Å². The van der Waals surface area contributed by atoms with Crippen LogP contribution in [0.15, 0.2) is 90.0 Å². The Kier molecular flexibility index (Phi) is 9.47. The third-order valence-corrected chi connectivity index (χ3v) is 9.16. The monoisotopic (exact) mass is 601 g/mol. The van der Waals surface area contributed by atoms with Crippen LogP contribution >= 0.6 is 0 Å². The molecule has 2 heterocycles. The van der Waals surface area contributed by atoms with Gasteiger partial charge in [0, 0.05) is 43.0 Å². The molecule has 0 atom stereocenters. The first-order valence-corrected chi connectivity index (χ1v) is 16.3. The lowest BCUT2D eigenvalue weighted by Gasteiger charge is -2.29. The fourth-order valence-electron chi connectivity index (χ4n) is 5.23. The molecule has 0 fully saturated rings. The Morgan fingerprint density at radius 3 is 2.47 bits per heavy atom. The topological polar surface area (TPSA) is 71.5 Å². The first-order valence-electron chi connectivity index (χ1n) is 14.9. The molecule has 1 aliphatic rings. The van der Waals surface area contributed by atoms with Crippen molar-refractivity contribution in [1.82, 2.24) is 9.88 Å². The van der Waals surface area contributed by atoms with E-state index in [2.05, 4.69) is 59.6 Å². The summed E-state index contributed by atoms with van der Waals surface area (Å²) in [5, 5.41) is 0. The molecule has 5 rings (SSSR count). The Labute approximate surface area is 255 Å². The van der Waals surface area contributed by atoms with Crippen molar-refractivity contribution < 1.29 is 17.5 Å². The normalized spacial score (nSPS) is 13.9. The zero-order valence-electron chi connectivity index (χ0n) is 25.1. The standard InChI is InChI=1S/C35H40FN3O3S/c1-35(2,3)34-16-11-27(24-37-34)17-19-39-20-18-28-22-31(14-12-29(28)25-39)43(40,41)38-33-15-13-30(23-32(33)36)42-21-7-10-26-8-5-4-6-9-26/h4-6,8-9,11-16,22-24,38H,7,10,17-21,25H2,1-3H3. The number of hydrogen-bond acceptors (Lipinski definition) is 5. The fraction of sp³-hybridized carbons (Fsp3) is 0.343. The molecule has 0 radical (unpaired) electrons. The molecule has 0 spiro atoms. The van der Waals surface area contributed by atoms with Gasteiger partial charge in [0.2, 0.25) is 0 Å². The Morgan fingerprint density at radius 1 is 0.930 bits per heavy atom. The summed E-state index contributed by atoms with van der Waals surface area (Å²) < 4.78 is 49.2. The fourth-order valence-corrected chi connectivity index (χ4v) is 6.35. The van der Waals surface area contributed by atoms with Crippen molar-refractivity contribution in [2.24, 2.45) is 0 Å². The van der Waals surface area contributed by atoms with Crippen molar-refractivity contribution in [1.29, 1.82) is 0 Å². The van der Waals surface area contributed by atoms with E-state index in [-0.39, 0.29) is 16.0 Å². The molecule has 0 saturated heterocycles. The van der Waals surface area contributed by atoms with Crippen LogP contribution in [0.5, 0.6) is 5.75 Å². The quantitative estimate of drug-likeness (QED) is 0.189. The van der Waals surface area contributed by atoms with E-state index in [1.807, 2.05) is 30.5 Å². The summed E-state index contributed by atoms with van der Waals surface area (Å²) in [6, 6.07) is 23.8. The van der Waals surface area contributed by atoms with Gasteiger partial charge < -0.3 is 4.74 Å². The molecule has 3 aromatic carbocycles. The highest BCUT2D eigenvalue weighted by Crippen LogP contribution is 2.27. The predicted molar refractivity (Wildman–Crippen MR) is 170 cm³/mol. The molecule has 226 valence electrons. The van der Waals surface area contributed by atoms with Crippen LogP contribution in [0, 0.1) is 5.82 Å². The number of nitrogens with zero attached hydrogens (tertiary/aromatic N) is 2. The van der Waals surface area contributed by atoms with Crippen LogP contribution in [0.4, 0.5) is 10.1 Å². The van der Waals surface area contributed by atoms with Crippen LogP contribution in [-0.4, -0.2) is 38.0 Å². The van der Waals surface area contributed by atoms with E-state index in [9.17, 15) is 12.8 Å². The van der Waals surface area contributed by atoms with Crippen LogP contribution in [0.3, 0.4) is 0 Å². The van der Waals surface area contributed by atoms with E-state index in [0.717, 1.165) is 62.1 Å². The van der Waals surface area contributed by atoms with Gasteiger partial charge in [-0.15, -0.1) is 0 Å². The zero-order valence-corrected chi connectivity index (χ0v) is 26.0. The Bertz CT molecular complexity index is 1640. The molecule has 8 heteroatoms. The van der Waals surface area contributed by atoms with Crippen molar-refractivity contribution in [2.75, 3.05) is 24.4 Å². The highest BCUT2D eigenvalue weighted by Gasteiger charge is 2.22. The SMILES string of the molecule is CC(C)(C)c1ccc(CCN2CCc3cc(S(=O)(=O)Nc4ccc(OCCCc5ccccc5)cc4F)ccc3C2)cn1. The maximum atomic E-state index is 14.8. The van der Waals surface area contributed by atoms with Crippen LogP contribution in [-0.2, 0) is 41.2 Å². The van der Waals surface area contributed by atoms with Gasteiger partial charge in [-0.1, -0.05) is 63.2 Å². The van der Waals surface area contributed by atoms with Gasteiger partial charge in [0.25, 0.3) is 10.0 Å². The number of fused-ring (bicyclic) bond motifs is 1. The number of aromatic nitrogens is 1. The average Bonchev–Trinajstić information content (AvgIpc) is 2.99. The lowest BCUT2D eigenvalue weighted by molar-refractivity contribution is 0.257. The van der Waals surface area contributed by atoms with Crippen LogP contribution in [0.25, 0.3) is 0 Å². The average molecular weight is 602 g/mol. The van der Waals surface area contributed by atoms with Gasteiger partial charge in [-0.3, -0.25) is 14.6 Å². The van der Waals surface area contributed by atoms with Crippen LogP contribution in [0.1, 0.15) is 55.1 Å². The Morgan fingerprint density at radius 2 is 1.74 bits per heavy atom. The molecule has 0 bridgehead atoms. The molecule has 1 aromatic heterocycles. The second kappa shape index (κ2) is 13.3. The van der Waals surface area contributed by atoms with Gasteiger partial charge >= 0.3 is 0 Å². The van der Waals surface area contributed by atoms with Crippen molar-refractivity contribution in [2.45, 2.75) is 63.3 Å². The molecule has 6 nitrogen and oxygen atoms in total. The zero-order chi connectivity index (χ0) is 30.5. The highest BCUT2D eigenvalue weighted by molar-refractivity contribution is 7.92. The molecular weight excluding hydrogens is 561 g/mol. The van der Waals surface area contributed by atoms with E-state index < -0.39 is 15.8 Å². The van der Waals surface area contributed by atoms with Gasteiger partial charge in [-0.2, -0.15) is 0 Å². The van der Waals surface area contributed by atoms with E-state index in [1.54, 1.807) is 18.2 Å². The predicted octanol–water partition coefficient (Wildman–Crippen LogP) is 6.93. The number of sulfonamides is 1. The molecule has 0 amide bonds. The van der Waals surface area contributed by atoms with E-state index >= 15 is 0 Å². The summed E-state index contributed by atoms with van der Waals surface area (Å²) >= 11 is 0. The van der Waals surface area contributed by atoms with E-state index in [0.29, 0.717) is 12.4 Å². The van der Waals surface area contributed by atoms with Gasteiger partial charge in [-0.25, -0.2) is 12.8 Å².